The summed E-state index contributed by atoms with van der Waals surface area (Å²) in [5.74, 6) is 0.00124. The summed E-state index contributed by atoms with van der Waals surface area (Å²) < 4.78 is 23.8. The molecule has 0 bridgehead atoms. The molecule has 1 aromatic rings. The maximum absolute atomic E-state index is 13.0. The van der Waals surface area contributed by atoms with Gasteiger partial charge in [0.05, 0.1) is 13.2 Å². The van der Waals surface area contributed by atoms with E-state index in [2.05, 4.69) is 10.6 Å². The second-order valence-electron chi connectivity index (χ2n) is 7.93. The molecule has 1 saturated carbocycles. The zero-order valence-electron chi connectivity index (χ0n) is 17.4. The predicted octanol–water partition coefficient (Wildman–Crippen LogP) is 3.16. The van der Waals surface area contributed by atoms with Gasteiger partial charge in [-0.2, -0.15) is 0 Å². The zero-order chi connectivity index (χ0) is 21.2. The normalized spacial score (nSPS) is 18.5. The predicted molar refractivity (Wildman–Crippen MR) is 112 cm³/mol. The highest BCUT2D eigenvalue weighted by Crippen LogP contribution is 2.28. The average Bonchev–Trinajstić information content (AvgIpc) is 2.78. The number of hydrogen-bond acceptors (Lipinski definition) is 5. The van der Waals surface area contributed by atoms with Gasteiger partial charge in [0, 0.05) is 31.9 Å². The van der Waals surface area contributed by atoms with Crippen LogP contribution in [0.15, 0.2) is 24.3 Å². The number of nitrogens with one attached hydrogen (secondary N) is 2. The van der Waals surface area contributed by atoms with Gasteiger partial charge in [-0.25, -0.2) is 9.18 Å². The van der Waals surface area contributed by atoms with Crippen molar-refractivity contribution in [3.8, 4) is 0 Å². The van der Waals surface area contributed by atoms with Crippen LogP contribution < -0.4 is 10.6 Å². The van der Waals surface area contributed by atoms with Crippen molar-refractivity contribution >= 4 is 17.7 Å². The Bertz CT molecular complexity index is 673. The molecule has 1 aliphatic carbocycles. The lowest BCUT2D eigenvalue weighted by Gasteiger charge is -2.32. The van der Waals surface area contributed by atoms with Gasteiger partial charge in [0.15, 0.2) is 6.10 Å². The molecule has 1 atom stereocenters. The number of morpholine rings is 1. The summed E-state index contributed by atoms with van der Waals surface area (Å²) in [6.07, 6.45) is 4.99. The Morgan fingerprint density at radius 1 is 1.10 bits per heavy atom. The summed E-state index contributed by atoms with van der Waals surface area (Å²) in [6, 6.07) is 6.01. The number of amides is 2. The van der Waals surface area contributed by atoms with E-state index in [1.165, 1.54) is 31.4 Å². The van der Waals surface area contributed by atoms with E-state index < -0.39 is 12.2 Å². The van der Waals surface area contributed by atoms with E-state index in [-0.39, 0.29) is 11.7 Å². The molecule has 1 aliphatic heterocycles. The molecule has 166 valence electrons. The molecule has 1 aromatic carbocycles. The van der Waals surface area contributed by atoms with Crippen LogP contribution >= 0.6 is 0 Å². The first-order valence-corrected chi connectivity index (χ1v) is 10.9. The Morgan fingerprint density at radius 2 is 1.80 bits per heavy atom. The van der Waals surface area contributed by atoms with Crippen LogP contribution in [0.25, 0.3) is 0 Å². The van der Waals surface area contributed by atoms with Gasteiger partial charge < -0.3 is 25.0 Å². The summed E-state index contributed by atoms with van der Waals surface area (Å²) >= 11 is 0. The molecule has 2 fully saturated rings. The molecule has 2 amide bonds. The minimum Gasteiger partial charge on any atom is -0.436 e. The third kappa shape index (κ3) is 7.16. The second-order valence-corrected chi connectivity index (χ2v) is 7.93. The fourth-order valence-corrected chi connectivity index (χ4v) is 4.02. The highest BCUT2D eigenvalue weighted by atomic mass is 19.1. The third-order valence-corrected chi connectivity index (χ3v) is 5.69. The maximum atomic E-state index is 13.0. The molecule has 1 saturated heterocycles. The molecule has 0 unspecified atom stereocenters. The summed E-state index contributed by atoms with van der Waals surface area (Å²) in [5, 5.41) is 5.79. The van der Waals surface area contributed by atoms with Gasteiger partial charge in [-0.15, -0.1) is 0 Å². The monoisotopic (exact) mass is 421 g/mol. The zero-order valence-corrected chi connectivity index (χ0v) is 17.4. The Morgan fingerprint density at radius 3 is 2.50 bits per heavy atom. The van der Waals surface area contributed by atoms with E-state index in [1.807, 2.05) is 0 Å². The van der Waals surface area contributed by atoms with Crippen molar-refractivity contribution in [2.45, 2.75) is 44.6 Å². The Hall–Kier alpha value is -2.35. The molecule has 0 radical (unpaired) electrons. The van der Waals surface area contributed by atoms with Crippen molar-refractivity contribution < 1.29 is 23.5 Å². The fraction of sp³-hybridized carbons (Fsp3) is 0.636. The van der Waals surface area contributed by atoms with Gasteiger partial charge in [-0.1, -0.05) is 32.1 Å². The molecule has 8 heteroatoms. The van der Waals surface area contributed by atoms with Crippen LogP contribution in [-0.4, -0.2) is 62.4 Å². The van der Waals surface area contributed by atoms with Crippen molar-refractivity contribution in [2.75, 3.05) is 44.7 Å². The van der Waals surface area contributed by atoms with E-state index in [4.69, 9.17) is 9.47 Å². The first kappa shape index (κ1) is 22.3. The largest absolute Gasteiger partial charge is 0.436 e. The molecular weight excluding hydrogens is 389 g/mol. The standard InChI is InChI=1S/C22H32FN3O4/c23-18-6-8-19(9-7-18)24-10-11-25-22(28)30-20(16-17-4-2-1-3-5-17)21(27)26-12-14-29-15-13-26/h6-9,17,20,24H,1-5,10-16H2,(H,25,28)/t20-/m0/s1. The second kappa shape index (κ2) is 11.7. The van der Waals surface area contributed by atoms with Crippen LogP contribution in [0.2, 0.25) is 0 Å². The van der Waals surface area contributed by atoms with Crippen molar-refractivity contribution in [1.29, 1.82) is 0 Å². The van der Waals surface area contributed by atoms with E-state index in [1.54, 1.807) is 17.0 Å². The number of carbonyl (C=O) groups excluding carboxylic acids is 2. The van der Waals surface area contributed by atoms with Gasteiger partial charge in [0.2, 0.25) is 0 Å². The Balaban J connectivity index is 1.47. The highest BCUT2D eigenvalue weighted by molar-refractivity contribution is 5.83. The summed E-state index contributed by atoms with van der Waals surface area (Å²) in [7, 11) is 0. The van der Waals surface area contributed by atoms with E-state index >= 15 is 0 Å². The van der Waals surface area contributed by atoms with Crippen molar-refractivity contribution in [2.24, 2.45) is 5.92 Å². The lowest BCUT2D eigenvalue weighted by molar-refractivity contribution is -0.145. The SMILES string of the molecule is O=C(NCCNc1ccc(F)cc1)O[C@@H](CC1CCCCC1)C(=O)N1CCOCC1. The number of carbonyl (C=O) groups is 2. The maximum Gasteiger partial charge on any atom is 0.407 e. The number of halogens is 1. The third-order valence-electron chi connectivity index (χ3n) is 5.69. The first-order valence-electron chi connectivity index (χ1n) is 10.9. The first-order chi connectivity index (χ1) is 14.6. The molecule has 30 heavy (non-hydrogen) atoms. The lowest BCUT2D eigenvalue weighted by Crippen LogP contribution is -2.48. The molecule has 3 rings (SSSR count). The van der Waals surface area contributed by atoms with Crippen molar-refractivity contribution in [3.63, 3.8) is 0 Å². The van der Waals surface area contributed by atoms with Crippen LogP contribution in [0.5, 0.6) is 0 Å². The quantitative estimate of drug-likeness (QED) is 0.631. The number of rotatable bonds is 8. The molecule has 2 N–H and O–H groups in total. The molecular formula is C22H32FN3O4. The molecule has 0 aromatic heterocycles. The smallest absolute Gasteiger partial charge is 0.407 e. The number of nitrogens with zero attached hydrogens (tertiary/aromatic N) is 1. The average molecular weight is 422 g/mol. The summed E-state index contributed by atoms with van der Waals surface area (Å²) in [6.45, 7) is 2.90. The van der Waals surface area contributed by atoms with E-state index in [9.17, 15) is 14.0 Å². The number of anilines is 1. The van der Waals surface area contributed by atoms with Crippen LogP contribution in [0.3, 0.4) is 0 Å². The summed E-state index contributed by atoms with van der Waals surface area (Å²) in [5.41, 5.74) is 0.768. The molecule has 0 spiro atoms. The van der Waals surface area contributed by atoms with E-state index in [0.717, 1.165) is 18.5 Å². The molecule has 1 heterocycles. The highest BCUT2D eigenvalue weighted by Gasteiger charge is 2.31. The van der Waals surface area contributed by atoms with Gasteiger partial charge in [-0.05, 0) is 36.6 Å². The van der Waals surface area contributed by atoms with Crippen LogP contribution in [0.1, 0.15) is 38.5 Å². The minimum absolute atomic E-state index is 0.122. The van der Waals surface area contributed by atoms with Crippen molar-refractivity contribution in [3.05, 3.63) is 30.1 Å². The van der Waals surface area contributed by atoms with Gasteiger partial charge in [-0.3, -0.25) is 4.79 Å². The number of benzene rings is 1. The van der Waals surface area contributed by atoms with Crippen LogP contribution in [-0.2, 0) is 14.3 Å². The van der Waals surface area contributed by atoms with Gasteiger partial charge in [0.1, 0.15) is 5.82 Å². The fourth-order valence-electron chi connectivity index (χ4n) is 4.02. The number of hydrogen-bond donors (Lipinski definition) is 2. The number of ether oxygens (including phenoxy) is 2. The minimum atomic E-state index is -0.753. The molecule has 7 nitrogen and oxygen atoms in total. The van der Waals surface area contributed by atoms with Crippen LogP contribution in [0.4, 0.5) is 14.9 Å². The Kier molecular flexibility index (Phi) is 8.74. The van der Waals surface area contributed by atoms with Gasteiger partial charge >= 0.3 is 6.09 Å². The number of alkyl carbamates (subject to hydrolysis) is 1. The topological polar surface area (TPSA) is 79.9 Å². The van der Waals surface area contributed by atoms with Crippen LogP contribution in [0, 0.1) is 11.7 Å². The van der Waals surface area contributed by atoms with E-state index in [0.29, 0.717) is 51.7 Å². The summed E-state index contributed by atoms with van der Waals surface area (Å²) in [4.78, 5) is 27.0. The Labute approximate surface area is 177 Å². The van der Waals surface area contributed by atoms with Gasteiger partial charge in [0.25, 0.3) is 5.91 Å². The molecule has 2 aliphatic rings. The van der Waals surface area contributed by atoms with Crippen molar-refractivity contribution in [1.82, 2.24) is 10.2 Å². The lowest BCUT2D eigenvalue weighted by atomic mass is 9.85.